The highest BCUT2D eigenvalue weighted by Gasteiger charge is 2.41. The maximum atomic E-state index is 12.4. The van der Waals surface area contributed by atoms with Crippen LogP contribution in [0.5, 0.6) is 0 Å². The molecule has 1 heterocycles. The highest BCUT2D eigenvalue weighted by atomic mass is 16.6. The molecule has 1 aliphatic rings. The summed E-state index contributed by atoms with van der Waals surface area (Å²) in [5, 5.41) is 0. The van der Waals surface area contributed by atoms with Gasteiger partial charge < -0.3 is 19.1 Å². The number of nitrogens with zero attached hydrogens (tertiary/aromatic N) is 1. The van der Waals surface area contributed by atoms with Gasteiger partial charge in [-0.3, -0.25) is 4.79 Å². The Morgan fingerprint density at radius 1 is 1.20 bits per heavy atom. The van der Waals surface area contributed by atoms with E-state index < -0.39 is 11.7 Å². The predicted octanol–water partition coefficient (Wildman–Crippen LogP) is 3.00. The summed E-state index contributed by atoms with van der Waals surface area (Å²) >= 11 is 0. The monoisotopic (exact) mass is 349 g/mol. The SMILES string of the molecule is COC[C@@H]1C[C@H](C(=O)OCc2ccccc2)CN1C(=O)OC(C)(C)C. The second-order valence-corrected chi connectivity index (χ2v) is 7.27. The fraction of sp³-hybridized carbons (Fsp3) is 0.579. The lowest BCUT2D eigenvalue weighted by Crippen LogP contribution is -2.41. The second-order valence-electron chi connectivity index (χ2n) is 7.27. The molecule has 1 aromatic carbocycles. The third-order valence-corrected chi connectivity index (χ3v) is 3.96. The highest BCUT2D eigenvalue weighted by Crippen LogP contribution is 2.27. The third-order valence-electron chi connectivity index (χ3n) is 3.96. The van der Waals surface area contributed by atoms with E-state index in [4.69, 9.17) is 14.2 Å². The summed E-state index contributed by atoms with van der Waals surface area (Å²) < 4.78 is 16.0. The number of hydrogen-bond acceptors (Lipinski definition) is 5. The minimum Gasteiger partial charge on any atom is -0.461 e. The second kappa shape index (κ2) is 8.34. The van der Waals surface area contributed by atoms with Crippen LogP contribution in [0.1, 0.15) is 32.8 Å². The molecule has 1 aliphatic heterocycles. The molecule has 2 atom stereocenters. The molecular weight excluding hydrogens is 322 g/mol. The maximum absolute atomic E-state index is 12.4. The number of hydrogen-bond donors (Lipinski definition) is 0. The predicted molar refractivity (Wildman–Crippen MR) is 92.9 cm³/mol. The Bertz CT molecular complexity index is 581. The highest BCUT2D eigenvalue weighted by molar-refractivity contribution is 5.76. The molecule has 0 bridgehead atoms. The number of likely N-dealkylation sites (tertiary alicyclic amines) is 1. The molecule has 1 aromatic rings. The van der Waals surface area contributed by atoms with Crippen LogP contribution < -0.4 is 0 Å². The lowest BCUT2D eigenvalue weighted by Gasteiger charge is -2.28. The van der Waals surface area contributed by atoms with E-state index in [9.17, 15) is 9.59 Å². The summed E-state index contributed by atoms with van der Waals surface area (Å²) in [6.07, 6.45) is 0.0914. The van der Waals surface area contributed by atoms with E-state index in [2.05, 4.69) is 0 Å². The van der Waals surface area contributed by atoms with E-state index in [0.29, 0.717) is 13.0 Å². The van der Waals surface area contributed by atoms with Crippen molar-refractivity contribution in [3.8, 4) is 0 Å². The van der Waals surface area contributed by atoms with Gasteiger partial charge in [0.25, 0.3) is 0 Å². The quantitative estimate of drug-likeness (QED) is 0.765. The molecule has 0 spiro atoms. The van der Waals surface area contributed by atoms with Gasteiger partial charge in [0.05, 0.1) is 18.6 Å². The van der Waals surface area contributed by atoms with E-state index in [1.54, 1.807) is 12.0 Å². The summed E-state index contributed by atoms with van der Waals surface area (Å²) in [4.78, 5) is 26.3. The number of carbonyl (C=O) groups excluding carboxylic acids is 2. The lowest BCUT2D eigenvalue weighted by atomic mass is 10.1. The van der Waals surface area contributed by atoms with Gasteiger partial charge >= 0.3 is 12.1 Å². The summed E-state index contributed by atoms with van der Waals surface area (Å²) in [5.74, 6) is -0.660. The Morgan fingerprint density at radius 3 is 2.48 bits per heavy atom. The van der Waals surface area contributed by atoms with Crippen molar-refractivity contribution in [1.82, 2.24) is 4.90 Å². The number of ether oxygens (including phenoxy) is 3. The molecule has 0 radical (unpaired) electrons. The van der Waals surface area contributed by atoms with Crippen LogP contribution in [-0.4, -0.2) is 48.9 Å². The largest absolute Gasteiger partial charge is 0.461 e. The van der Waals surface area contributed by atoms with Gasteiger partial charge in [0.15, 0.2) is 0 Å². The molecule has 6 heteroatoms. The number of carbonyl (C=O) groups is 2. The molecule has 2 rings (SSSR count). The van der Waals surface area contributed by atoms with Gasteiger partial charge in [-0.25, -0.2) is 4.79 Å². The van der Waals surface area contributed by atoms with Crippen LogP contribution in [0, 0.1) is 5.92 Å². The van der Waals surface area contributed by atoms with Crippen LogP contribution in [0.2, 0.25) is 0 Å². The smallest absolute Gasteiger partial charge is 0.410 e. The van der Waals surface area contributed by atoms with Crippen molar-refractivity contribution < 1.29 is 23.8 Å². The van der Waals surface area contributed by atoms with E-state index >= 15 is 0 Å². The molecule has 0 saturated carbocycles. The average Bonchev–Trinajstić information content (AvgIpc) is 2.97. The first kappa shape index (κ1) is 19.2. The molecule has 0 N–H and O–H groups in total. The fourth-order valence-corrected chi connectivity index (χ4v) is 2.83. The van der Waals surface area contributed by atoms with E-state index in [1.165, 1.54) is 0 Å². The molecule has 1 saturated heterocycles. The Hall–Kier alpha value is -2.08. The normalized spacial score (nSPS) is 20.4. The number of amides is 1. The zero-order valence-corrected chi connectivity index (χ0v) is 15.4. The van der Waals surface area contributed by atoms with Gasteiger partial charge in [-0.2, -0.15) is 0 Å². The Kier molecular flexibility index (Phi) is 6.42. The molecule has 0 aliphatic carbocycles. The topological polar surface area (TPSA) is 65.1 Å². The molecule has 1 fully saturated rings. The Balaban J connectivity index is 1.95. The summed E-state index contributed by atoms with van der Waals surface area (Å²) in [6, 6.07) is 9.34. The average molecular weight is 349 g/mol. The first-order chi connectivity index (χ1) is 11.8. The molecule has 138 valence electrons. The van der Waals surface area contributed by atoms with E-state index in [-0.39, 0.29) is 31.1 Å². The van der Waals surface area contributed by atoms with Gasteiger partial charge in [-0.05, 0) is 32.8 Å². The van der Waals surface area contributed by atoms with Gasteiger partial charge in [-0.15, -0.1) is 0 Å². The zero-order valence-electron chi connectivity index (χ0n) is 15.4. The number of benzene rings is 1. The Morgan fingerprint density at radius 2 is 1.88 bits per heavy atom. The first-order valence-corrected chi connectivity index (χ1v) is 8.49. The third kappa shape index (κ3) is 5.74. The standard InChI is InChI=1S/C19H27NO5/c1-19(2,3)25-18(22)20-11-15(10-16(20)13-23-4)17(21)24-12-14-8-6-5-7-9-14/h5-9,15-16H,10-13H2,1-4H3/t15-,16-/m0/s1. The van der Waals surface area contributed by atoms with Crippen LogP contribution >= 0.6 is 0 Å². The van der Waals surface area contributed by atoms with E-state index in [1.807, 2.05) is 51.1 Å². The summed E-state index contributed by atoms with van der Waals surface area (Å²) in [6.45, 7) is 6.34. The van der Waals surface area contributed by atoms with Gasteiger partial charge in [0, 0.05) is 13.7 Å². The van der Waals surface area contributed by atoms with Crippen LogP contribution in [0.25, 0.3) is 0 Å². The number of rotatable bonds is 5. The van der Waals surface area contributed by atoms with Crippen molar-refractivity contribution in [2.24, 2.45) is 5.92 Å². The van der Waals surface area contributed by atoms with Crippen molar-refractivity contribution in [1.29, 1.82) is 0 Å². The molecule has 6 nitrogen and oxygen atoms in total. The van der Waals surface area contributed by atoms with Crippen LogP contribution in [-0.2, 0) is 25.6 Å². The minimum absolute atomic E-state index is 0.186. The van der Waals surface area contributed by atoms with Crippen molar-refractivity contribution in [2.75, 3.05) is 20.3 Å². The number of methoxy groups -OCH3 is 1. The van der Waals surface area contributed by atoms with E-state index in [0.717, 1.165) is 5.56 Å². The summed E-state index contributed by atoms with van der Waals surface area (Å²) in [5.41, 5.74) is 0.354. The van der Waals surface area contributed by atoms with Crippen molar-refractivity contribution in [2.45, 2.75) is 45.4 Å². The fourth-order valence-electron chi connectivity index (χ4n) is 2.83. The van der Waals surface area contributed by atoms with Crippen LogP contribution in [0.3, 0.4) is 0 Å². The van der Waals surface area contributed by atoms with Crippen molar-refractivity contribution >= 4 is 12.1 Å². The molecular formula is C19H27NO5. The Labute approximate surface area is 149 Å². The first-order valence-electron chi connectivity index (χ1n) is 8.49. The molecule has 0 unspecified atom stereocenters. The molecule has 25 heavy (non-hydrogen) atoms. The minimum atomic E-state index is -0.583. The van der Waals surface area contributed by atoms with Gasteiger partial charge in [0.2, 0.25) is 0 Å². The van der Waals surface area contributed by atoms with Crippen molar-refractivity contribution in [3.05, 3.63) is 35.9 Å². The molecule has 0 aromatic heterocycles. The maximum Gasteiger partial charge on any atom is 0.410 e. The van der Waals surface area contributed by atoms with Crippen LogP contribution in [0.15, 0.2) is 30.3 Å². The van der Waals surface area contributed by atoms with Gasteiger partial charge in [-0.1, -0.05) is 30.3 Å². The zero-order chi connectivity index (χ0) is 18.4. The van der Waals surface area contributed by atoms with Crippen molar-refractivity contribution in [3.63, 3.8) is 0 Å². The lowest BCUT2D eigenvalue weighted by molar-refractivity contribution is -0.149. The van der Waals surface area contributed by atoms with Gasteiger partial charge in [0.1, 0.15) is 12.2 Å². The number of esters is 1. The molecule has 1 amide bonds. The van der Waals surface area contributed by atoms with Crippen LogP contribution in [0.4, 0.5) is 4.79 Å². The summed E-state index contributed by atoms with van der Waals surface area (Å²) in [7, 11) is 1.58.